The van der Waals surface area contributed by atoms with Crippen molar-refractivity contribution < 1.29 is 33.0 Å². The maximum Gasteiger partial charge on any atom is 0.412 e. The van der Waals surface area contributed by atoms with Crippen LogP contribution in [-0.2, 0) is 23.8 Å². The first kappa shape index (κ1) is 23.7. The third kappa shape index (κ3) is 3.56. The highest BCUT2D eigenvalue weighted by Crippen LogP contribution is 2.70. The molecule has 0 bridgehead atoms. The summed E-state index contributed by atoms with van der Waals surface area (Å²) >= 11 is 0. The van der Waals surface area contributed by atoms with Gasteiger partial charge in [0.15, 0.2) is 11.9 Å². The second-order valence-corrected chi connectivity index (χ2v) is 10.8. The quantitative estimate of drug-likeness (QED) is 0.607. The van der Waals surface area contributed by atoms with E-state index in [9.17, 15) is 14.4 Å². The maximum absolute atomic E-state index is 14.2. The highest BCUT2D eigenvalue weighted by atomic mass is 16.6. The van der Waals surface area contributed by atoms with E-state index >= 15 is 0 Å². The summed E-state index contributed by atoms with van der Waals surface area (Å²) < 4.78 is 22.4. The maximum atomic E-state index is 14.2. The number of nitrogens with zero attached hydrogens (tertiary/aromatic N) is 2. The minimum Gasteiger partial charge on any atom is -0.501 e. The second-order valence-electron chi connectivity index (χ2n) is 10.8. The van der Waals surface area contributed by atoms with Crippen LogP contribution >= 0.6 is 0 Å². The minimum atomic E-state index is -0.978. The van der Waals surface area contributed by atoms with E-state index in [0.29, 0.717) is 37.2 Å². The van der Waals surface area contributed by atoms with Crippen LogP contribution in [0.15, 0.2) is 47.2 Å². The molecule has 7 atom stereocenters. The van der Waals surface area contributed by atoms with Crippen molar-refractivity contribution in [2.45, 2.75) is 51.7 Å². The lowest BCUT2D eigenvalue weighted by atomic mass is 9.39. The number of esters is 1. The minimum absolute atomic E-state index is 0.0798. The van der Waals surface area contributed by atoms with Gasteiger partial charge in [0.25, 0.3) is 0 Å². The van der Waals surface area contributed by atoms with Crippen molar-refractivity contribution in [3.63, 3.8) is 0 Å². The second kappa shape index (κ2) is 8.43. The number of carbonyl (C=O) groups is 3. The summed E-state index contributed by atoms with van der Waals surface area (Å²) in [6.45, 7) is 3.75. The Morgan fingerprint density at radius 1 is 1.22 bits per heavy atom. The van der Waals surface area contributed by atoms with Gasteiger partial charge in [0, 0.05) is 29.2 Å². The fourth-order valence-corrected chi connectivity index (χ4v) is 7.29. The normalized spacial score (nSPS) is 36.1. The van der Waals surface area contributed by atoms with Crippen molar-refractivity contribution in [3.05, 3.63) is 54.2 Å². The Morgan fingerprint density at radius 2 is 2.00 bits per heavy atom. The Labute approximate surface area is 213 Å². The molecule has 2 saturated carbocycles. The van der Waals surface area contributed by atoms with Crippen LogP contribution in [0.3, 0.4) is 0 Å². The molecule has 1 N–H and O–H groups in total. The molecule has 1 spiro atoms. The first-order valence-corrected chi connectivity index (χ1v) is 12.5. The van der Waals surface area contributed by atoms with Crippen molar-refractivity contribution in [3.8, 4) is 0 Å². The topological polar surface area (TPSA) is 130 Å². The van der Waals surface area contributed by atoms with Crippen molar-refractivity contribution in [1.29, 1.82) is 0 Å². The standard InChI is InChI=1S/C27H29N3O7/c1-14-28-11-16(12-29-14)30-25(33)37-19-8-18-21(34-3)10-27(18)6-4-17-24(32)36-20(15-5-7-35-13-15)9-26(17,2)23(27)22(19)31/h5,7,10-13,17-20,23H,4,6,8-9H2,1-3H3,(H,30,33)/t17-,18-,19-,20-,23+,26-,27+/m0/s1. The van der Waals surface area contributed by atoms with Gasteiger partial charge in [0.1, 0.15) is 11.9 Å². The van der Waals surface area contributed by atoms with Crippen molar-refractivity contribution in [2.24, 2.45) is 28.6 Å². The molecule has 6 rings (SSSR count). The zero-order valence-electron chi connectivity index (χ0n) is 20.9. The molecule has 1 amide bonds. The number of furan rings is 1. The van der Waals surface area contributed by atoms with E-state index in [1.165, 1.54) is 12.4 Å². The van der Waals surface area contributed by atoms with Crippen molar-refractivity contribution >= 4 is 23.5 Å². The number of rotatable bonds is 4. The smallest absolute Gasteiger partial charge is 0.412 e. The number of fused-ring (bicyclic) bond motifs is 2. The van der Waals surface area contributed by atoms with Crippen molar-refractivity contribution in [1.82, 2.24) is 9.97 Å². The van der Waals surface area contributed by atoms with Gasteiger partial charge in [-0.3, -0.25) is 14.9 Å². The molecule has 0 unspecified atom stereocenters. The van der Waals surface area contributed by atoms with Gasteiger partial charge in [-0.05, 0) is 43.7 Å². The van der Waals surface area contributed by atoms with Gasteiger partial charge in [-0.25, -0.2) is 14.8 Å². The molecule has 194 valence electrons. The Hall–Kier alpha value is -3.69. The summed E-state index contributed by atoms with van der Waals surface area (Å²) in [5, 5.41) is 2.61. The molecule has 10 heteroatoms. The van der Waals surface area contributed by atoms with Crippen LogP contribution in [0.4, 0.5) is 10.5 Å². The molecular weight excluding hydrogens is 478 g/mol. The summed E-state index contributed by atoms with van der Waals surface area (Å²) in [5.41, 5.74) is 0.00999. The fraction of sp³-hybridized carbons (Fsp3) is 0.519. The summed E-state index contributed by atoms with van der Waals surface area (Å²) in [6.07, 6.45) is 8.01. The van der Waals surface area contributed by atoms with Gasteiger partial charge in [-0.1, -0.05) is 6.92 Å². The summed E-state index contributed by atoms with van der Waals surface area (Å²) in [7, 11) is 1.62. The Bertz CT molecular complexity index is 1270. The van der Waals surface area contributed by atoms with Crippen LogP contribution < -0.4 is 5.32 Å². The lowest BCUT2D eigenvalue weighted by Gasteiger charge is -2.64. The van der Waals surface area contributed by atoms with Crippen LogP contribution in [0.25, 0.3) is 0 Å². The summed E-state index contributed by atoms with van der Waals surface area (Å²) in [5.74, 6) is -0.122. The van der Waals surface area contributed by atoms with Crippen LogP contribution in [0.2, 0.25) is 0 Å². The zero-order valence-corrected chi connectivity index (χ0v) is 20.9. The van der Waals surface area contributed by atoms with E-state index in [-0.39, 0.29) is 17.7 Å². The van der Waals surface area contributed by atoms with E-state index in [4.69, 9.17) is 18.6 Å². The molecule has 1 saturated heterocycles. The molecule has 37 heavy (non-hydrogen) atoms. The Balaban J connectivity index is 1.32. The van der Waals surface area contributed by atoms with Gasteiger partial charge in [0.2, 0.25) is 0 Å². The Kier molecular flexibility index (Phi) is 5.40. The molecule has 0 aromatic carbocycles. The lowest BCUT2D eigenvalue weighted by molar-refractivity contribution is -0.205. The number of anilines is 1. The number of nitrogens with one attached hydrogen (secondary N) is 1. The fourth-order valence-electron chi connectivity index (χ4n) is 7.29. The van der Waals surface area contributed by atoms with E-state index in [0.717, 1.165) is 11.3 Å². The number of hydrogen-bond acceptors (Lipinski definition) is 9. The average molecular weight is 508 g/mol. The molecule has 3 fully saturated rings. The molecule has 10 nitrogen and oxygen atoms in total. The number of aryl methyl sites for hydroxylation is 1. The van der Waals surface area contributed by atoms with E-state index < -0.39 is 41.0 Å². The van der Waals surface area contributed by atoms with Crippen molar-refractivity contribution in [2.75, 3.05) is 12.4 Å². The lowest BCUT2D eigenvalue weighted by Crippen LogP contribution is -2.66. The highest BCUT2D eigenvalue weighted by Gasteiger charge is 2.70. The summed E-state index contributed by atoms with van der Waals surface area (Å²) in [6, 6.07) is 1.78. The predicted molar refractivity (Wildman–Crippen MR) is 128 cm³/mol. The number of ether oxygens (including phenoxy) is 3. The first-order chi connectivity index (χ1) is 17.7. The Morgan fingerprint density at radius 3 is 2.70 bits per heavy atom. The molecule has 3 heterocycles. The SMILES string of the molecule is COC1=C[C@@]23CC[C@H]4C(=O)O[C@H](c5ccoc5)C[C@]4(C)[C@H]2C(=O)[C@@H](OC(=O)Nc2cnc(C)nc2)C[C@@H]13. The van der Waals surface area contributed by atoms with E-state index in [1.54, 1.807) is 32.6 Å². The number of allylic oxidation sites excluding steroid dienone is 2. The van der Waals surface area contributed by atoms with Gasteiger partial charge in [0.05, 0.1) is 49.4 Å². The van der Waals surface area contributed by atoms with Gasteiger partial charge < -0.3 is 18.6 Å². The third-order valence-corrected chi connectivity index (χ3v) is 8.91. The number of amides is 1. The molecule has 4 aliphatic rings. The third-order valence-electron chi connectivity index (χ3n) is 8.91. The molecule has 3 aliphatic carbocycles. The van der Waals surface area contributed by atoms with Crippen LogP contribution in [-0.4, -0.2) is 41.0 Å². The van der Waals surface area contributed by atoms with Gasteiger partial charge >= 0.3 is 12.1 Å². The molecule has 1 aliphatic heterocycles. The molecular formula is C27H29N3O7. The number of cyclic esters (lactones) is 1. The number of methoxy groups -OCH3 is 1. The highest BCUT2D eigenvalue weighted by molar-refractivity contribution is 5.93. The first-order valence-electron chi connectivity index (χ1n) is 12.5. The molecule has 0 radical (unpaired) electrons. The van der Waals surface area contributed by atoms with Gasteiger partial charge in [-0.15, -0.1) is 0 Å². The summed E-state index contributed by atoms with van der Waals surface area (Å²) in [4.78, 5) is 48.3. The molecule has 2 aromatic heterocycles. The largest absolute Gasteiger partial charge is 0.501 e. The number of Topliss-reactive ketones (excluding diaryl/α,β-unsaturated/α-hetero) is 1. The predicted octanol–water partition coefficient (Wildman–Crippen LogP) is 4.14. The van der Waals surface area contributed by atoms with Gasteiger partial charge in [-0.2, -0.15) is 0 Å². The van der Waals surface area contributed by atoms with Crippen LogP contribution in [0.5, 0.6) is 0 Å². The number of carbonyl (C=O) groups excluding carboxylic acids is 3. The number of ketones is 1. The van der Waals surface area contributed by atoms with E-state index in [2.05, 4.69) is 21.4 Å². The number of hydrogen-bond donors (Lipinski definition) is 1. The van der Waals surface area contributed by atoms with Crippen LogP contribution in [0.1, 0.15) is 50.1 Å². The zero-order chi connectivity index (χ0) is 25.9. The molecule has 2 aromatic rings. The van der Waals surface area contributed by atoms with E-state index in [1.807, 2.05) is 6.92 Å². The van der Waals surface area contributed by atoms with Crippen LogP contribution in [0, 0.1) is 35.5 Å². The average Bonchev–Trinajstić information content (AvgIpc) is 3.39. The monoisotopic (exact) mass is 507 g/mol. The number of aromatic nitrogens is 2.